The summed E-state index contributed by atoms with van der Waals surface area (Å²) in [6, 6.07) is 11.3. The SMILES string of the molecule is OC(Cc1c(Cl)cccc1Cl)c1cccc2c1OCCC2. The van der Waals surface area contributed by atoms with Crippen LogP contribution in [0.2, 0.25) is 10.0 Å². The molecule has 21 heavy (non-hydrogen) atoms. The fraction of sp³-hybridized carbons (Fsp3) is 0.294. The number of hydrogen-bond donors (Lipinski definition) is 1. The molecule has 0 spiro atoms. The van der Waals surface area contributed by atoms with Gasteiger partial charge in [-0.15, -0.1) is 0 Å². The van der Waals surface area contributed by atoms with E-state index in [0.717, 1.165) is 35.3 Å². The predicted octanol–water partition coefficient (Wildman–Crippen LogP) is 4.59. The van der Waals surface area contributed by atoms with Crippen LogP contribution < -0.4 is 4.74 Å². The number of halogens is 2. The van der Waals surface area contributed by atoms with E-state index in [2.05, 4.69) is 0 Å². The van der Waals surface area contributed by atoms with E-state index in [1.807, 2.05) is 18.2 Å². The lowest BCUT2D eigenvalue weighted by atomic mass is 9.96. The fourth-order valence-electron chi connectivity index (χ4n) is 2.71. The summed E-state index contributed by atoms with van der Waals surface area (Å²) in [5.74, 6) is 0.819. The van der Waals surface area contributed by atoms with Crippen LogP contribution in [0.1, 0.15) is 29.2 Å². The molecule has 2 nitrogen and oxygen atoms in total. The summed E-state index contributed by atoms with van der Waals surface area (Å²) >= 11 is 12.4. The summed E-state index contributed by atoms with van der Waals surface area (Å²) in [6.45, 7) is 0.698. The number of aliphatic hydroxyl groups is 1. The summed E-state index contributed by atoms with van der Waals surface area (Å²) in [5, 5.41) is 11.7. The van der Waals surface area contributed by atoms with Gasteiger partial charge in [0.2, 0.25) is 0 Å². The Morgan fingerprint density at radius 3 is 2.57 bits per heavy atom. The number of benzene rings is 2. The average molecular weight is 323 g/mol. The molecule has 0 amide bonds. The molecule has 0 aromatic heterocycles. The summed E-state index contributed by atoms with van der Waals surface area (Å²) < 4.78 is 5.75. The highest BCUT2D eigenvalue weighted by atomic mass is 35.5. The van der Waals surface area contributed by atoms with Crippen molar-refractivity contribution in [1.82, 2.24) is 0 Å². The molecule has 2 aromatic rings. The zero-order chi connectivity index (χ0) is 14.8. The maximum Gasteiger partial charge on any atom is 0.128 e. The van der Waals surface area contributed by atoms with Gasteiger partial charge in [0.05, 0.1) is 12.7 Å². The van der Waals surface area contributed by atoms with E-state index in [1.165, 1.54) is 0 Å². The van der Waals surface area contributed by atoms with Gasteiger partial charge in [0, 0.05) is 22.0 Å². The largest absolute Gasteiger partial charge is 0.493 e. The Hall–Kier alpha value is -1.22. The topological polar surface area (TPSA) is 29.5 Å². The van der Waals surface area contributed by atoms with Gasteiger partial charge in [0.1, 0.15) is 5.75 Å². The van der Waals surface area contributed by atoms with Gasteiger partial charge < -0.3 is 9.84 Å². The summed E-state index contributed by atoms with van der Waals surface area (Å²) in [4.78, 5) is 0. The highest BCUT2D eigenvalue weighted by Gasteiger charge is 2.21. The number of aliphatic hydroxyl groups excluding tert-OH is 1. The smallest absolute Gasteiger partial charge is 0.128 e. The van der Waals surface area contributed by atoms with Gasteiger partial charge in [0.25, 0.3) is 0 Å². The Morgan fingerprint density at radius 2 is 1.81 bits per heavy atom. The molecule has 0 aliphatic carbocycles. The maximum atomic E-state index is 10.6. The Labute approximate surface area is 134 Å². The Bertz CT molecular complexity index is 635. The summed E-state index contributed by atoms with van der Waals surface area (Å²) in [7, 11) is 0. The van der Waals surface area contributed by atoms with Crippen molar-refractivity contribution in [3.63, 3.8) is 0 Å². The minimum absolute atomic E-state index is 0.373. The fourth-order valence-corrected chi connectivity index (χ4v) is 3.26. The van der Waals surface area contributed by atoms with Gasteiger partial charge in [-0.25, -0.2) is 0 Å². The van der Waals surface area contributed by atoms with Gasteiger partial charge in [-0.2, -0.15) is 0 Å². The molecule has 0 fully saturated rings. The Kier molecular flexibility index (Phi) is 4.39. The molecule has 2 aromatic carbocycles. The van der Waals surface area contributed by atoms with Crippen molar-refractivity contribution in [2.24, 2.45) is 0 Å². The van der Waals surface area contributed by atoms with Crippen LogP contribution in [0, 0.1) is 0 Å². The van der Waals surface area contributed by atoms with Crippen LogP contribution in [0.5, 0.6) is 5.75 Å². The zero-order valence-electron chi connectivity index (χ0n) is 11.5. The predicted molar refractivity (Wildman–Crippen MR) is 85.4 cm³/mol. The molecule has 0 saturated carbocycles. The zero-order valence-corrected chi connectivity index (χ0v) is 13.0. The molecule has 1 aliphatic heterocycles. The van der Waals surface area contributed by atoms with Crippen LogP contribution in [0.4, 0.5) is 0 Å². The van der Waals surface area contributed by atoms with Crippen molar-refractivity contribution < 1.29 is 9.84 Å². The van der Waals surface area contributed by atoms with Gasteiger partial charge >= 0.3 is 0 Å². The first kappa shape index (κ1) is 14.7. The van der Waals surface area contributed by atoms with Crippen molar-refractivity contribution in [2.45, 2.75) is 25.4 Å². The Balaban J connectivity index is 1.91. The van der Waals surface area contributed by atoms with Crippen molar-refractivity contribution in [3.05, 3.63) is 63.1 Å². The minimum Gasteiger partial charge on any atom is -0.493 e. The number of hydrogen-bond acceptors (Lipinski definition) is 2. The standard InChI is InChI=1S/C17H16Cl2O2/c18-14-7-2-8-15(19)13(14)10-16(20)12-6-1-4-11-5-3-9-21-17(11)12/h1-2,4,6-8,16,20H,3,5,9-10H2. The monoisotopic (exact) mass is 322 g/mol. The molecule has 0 bridgehead atoms. The number of fused-ring (bicyclic) bond motifs is 1. The third-order valence-electron chi connectivity index (χ3n) is 3.78. The molecule has 1 heterocycles. The lowest BCUT2D eigenvalue weighted by Gasteiger charge is -2.23. The minimum atomic E-state index is -0.685. The molecule has 1 N–H and O–H groups in total. The van der Waals surface area contributed by atoms with Crippen LogP contribution in [0.25, 0.3) is 0 Å². The van der Waals surface area contributed by atoms with Crippen molar-refractivity contribution in [3.8, 4) is 5.75 Å². The molecule has 4 heteroatoms. The lowest BCUT2D eigenvalue weighted by molar-refractivity contribution is 0.169. The van der Waals surface area contributed by atoms with Gasteiger partial charge in [-0.3, -0.25) is 0 Å². The van der Waals surface area contributed by atoms with E-state index in [-0.39, 0.29) is 0 Å². The lowest BCUT2D eigenvalue weighted by Crippen LogP contribution is -2.13. The first-order chi connectivity index (χ1) is 10.2. The van der Waals surface area contributed by atoms with Crippen LogP contribution in [0.3, 0.4) is 0 Å². The molecule has 3 rings (SSSR count). The van der Waals surface area contributed by atoms with Crippen molar-refractivity contribution in [1.29, 1.82) is 0 Å². The maximum absolute atomic E-state index is 10.6. The second-order valence-electron chi connectivity index (χ2n) is 5.21. The molecule has 1 atom stereocenters. The van der Waals surface area contributed by atoms with E-state index in [0.29, 0.717) is 23.1 Å². The van der Waals surface area contributed by atoms with Gasteiger partial charge in [-0.1, -0.05) is 47.5 Å². The molecule has 1 aliphatic rings. The third kappa shape index (κ3) is 3.03. The second kappa shape index (κ2) is 6.27. The molecule has 0 radical (unpaired) electrons. The van der Waals surface area contributed by atoms with Crippen LogP contribution >= 0.6 is 23.2 Å². The van der Waals surface area contributed by atoms with Crippen LogP contribution in [-0.4, -0.2) is 11.7 Å². The number of ether oxygens (including phenoxy) is 1. The molecular weight excluding hydrogens is 307 g/mol. The molecule has 1 unspecified atom stereocenters. The second-order valence-corrected chi connectivity index (χ2v) is 6.02. The average Bonchev–Trinajstić information content (AvgIpc) is 2.50. The van der Waals surface area contributed by atoms with Crippen LogP contribution in [-0.2, 0) is 12.8 Å². The van der Waals surface area contributed by atoms with E-state index in [9.17, 15) is 5.11 Å². The van der Waals surface area contributed by atoms with Gasteiger partial charge in [-0.05, 0) is 36.1 Å². The first-order valence-electron chi connectivity index (χ1n) is 7.02. The number of rotatable bonds is 3. The van der Waals surface area contributed by atoms with Crippen molar-refractivity contribution in [2.75, 3.05) is 6.61 Å². The van der Waals surface area contributed by atoms with E-state index in [4.69, 9.17) is 27.9 Å². The first-order valence-corrected chi connectivity index (χ1v) is 7.78. The van der Waals surface area contributed by atoms with Gasteiger partial charge in [0.15, 0.2) is 0 Å². The van der Waals surface area contributed by atoms with E-state index in [1.54, 1.807) is 18.2 Å². The summed E-state index contributed by atoms with van der Waals surface area (Å²) in [5.41, 5.74) is 2.73. The van der Waals surface area contributed by atoms with Crippen molar-refractivity contribution >= 4 is 23.2 Å². The van der Waals surface area contributed by atoms with E-state index < -0.39 is 6.10 Å². The number of para-hydroxylation sites is 1. The molecular formula is C17H16Cl2O2. The Morgan fingerprint density at radius 1 is 1.10 bits per heavy atom. The molecule has 0 saturated heterocycles. The molecule has 110 valence electrons. The third-order valence-corrected chi connectivity index (χ3v) is 4.49. The van der Waals surface area contributed by atoms with E-state index >= 15 is 0 Å². The highest BCUT2D eigenvalue weighted by Crippen LogP contribution is 2.36. The number of aryl methyl sites for hydroxylation is 1. The normalized spacial score (nSPS) is 15.2. The highest BCUT2D eigenvalue weighted by molar-refractivity contribution is 6.36. The quantitative estimate of drug-likeness (QED) is 0.895. The summed E-state index contributed by atoms with van der Waals surface area (Å²) in [6.07, 6.45) is 1.69. The van der Waals surface area contributed by atoms with Crippen LogP contribution in [0.15, 0.2) is 36.4 Å².